The van der Waals surface area contributed by atoms with Gasteiger partial charge in [0.1, 0.15) is 0 Å². The standard InChI is InChI=1S/C50H41N3O2.Pt/c1-30(2)38-16-10-17-39(31(3)4)48(38)36-23-43(32-12-6-5-7-13-32)52-47(25-36)55-46-19-11-18-42(51-46)33-20-21-40-41-22-37-28-50(26-34-14-8-9-15-35(34)27-50)29-44(37)53-49(41)54-45(40)24-33;/h5-12,14-19,21-25,30-31H,26-29H2,1-4H3;/q-2;+2. The van der Waals surface area contributed by atoms with E-state index in [9.17, 15) is 0 Å². The van der Waals surface area contributed by atoms with Crippen LogP contribution in [0, 0.1) is 17.5 Å². The van der Waals surface area contributed by atoms with Crippen molar-refractivity contribution in [2.24, 2.45) is 5.41 Å². The van der Waals surface area contributed by atoms with Crippen LogP contribution in [0.2, 0.25) is 0 Å². The molecule has 5 nitrogen and oxygen atoms in total. The van der Waals surface area contributed by atoms with Crippen molar-refractivity contribution in [3.8, 4) is 45.4 Å². The molecule has 0 bridgehead atoms. The number of fused-ring (bicyclic) bond motifs is 5. The second-order valence-corrected chi connectivity index (χ2v) is 16.1. The molecular weight excluding hydrogens is 870 g/mol. The summed E-state index contributed by atoms with van der Waals surface area (Å²) in [5.74, 6) is 1.61. The van der Waals surface area contributed by atoms with Crippen molar-refractivity contribution < 1.29 is 30.2 Å². The van der Waals surface area contributed by atoms with Gasteiger partial charge in [-0.2, -0.15) is 0 Å². The van der Waals surface area contributed by atoms with Gasteiger partial charge in [0.2, 0.25) is 17.5 Å². The maximum atomic E-state index is 6.52. The van der Waals surface area contributed by atoms with E-state index >= 15 is 0 Å². The van der Waals surface area contributed by atoms with Gasteiger partial charge in [-0.05, 0) is 99.3 Å². The maximum absolute atomic E-state index is 6.52. The maximum Gasteiger partial charge on any atom is 2.00 e. The summed E-state index contributed by atoms with van der Waals surface area (Å²) < 4.78 is 13.0. The van der Waals surface area contributed by atoms with E-state index in [0.29, 0.717) is 29.3 Å². The monoisotopic (exact) mass is 910 g/mol. The summed E-state index contributed by atoms with van der Waals surface area (Å²) in [6, 6.07) is 46.6. The van der Waals surface area contributed by atoms with Crippen molar-refractivity contribution in [2.45, 2.75) is 65.2 Å². The third-order valence-corrected chi connectivity index (χ3v) is 11.6. The average Bonchev–Trinajstić information content (AvgIpc) is 3.86. The smallest absolute Gasteiger partial charge is 0.458 e. The van der Waals surface area contributed by atoms with Crippen molar-refractivity contribution in [1.29, 1.82) is 0 Å². The fraction of sp³-hybridized carbons (Fsp3) is 0.220. The molecule has 0 saturated heterocycles. The van der Waals surface area contributed by atoms with E-state index in [-0.39, 0.29) is 26.5 Å². The van der Waals surface area contributed by atoms with Crippen molar-refractivity contribution in [3.63, 3.8) is 0 Å². The molecule has 278 valence electrons. The first-order valence-corrected chi connectivity index (χ1v) is 19.4. The molecule has 0 unspecified atom stereocenters. The van der Waals surface area contributed by atoms with E-state index < -0.39 is 0 Å². The van der Waals surface area contributed by atoms with Crippen LogP contribution in [0.15, 0.2) is 120 Å². The molecule has 0 aliphatic heterocycles. The molecule has 0 saturated carbocycles. The van der Waals surface area contributed by atoms with Gasteiger partial charge in [0.25, 0.3) is 0 Å². The Morgan fingerprint density at radius 1 is 0.625 bits per heavy atom. The third-order valence-electron chi connectivity index (χ3n) is 11.6. The predicted molar refractivity (Wildman–Crippen MR) is 219 cm³/mol. The molecule has 4 heterocycles. The van der Waals surface area contributed by atoms with Crippen molar-refractivity contribution in [1.82, 2.24) is 15.0 Å². The number of hydrogen-bond acceptors (Lipinski definition) is 5. The van der Waals surface area contributed by atoms with Gasteiger partial charge in [0, 0.05) is 17.1 Å². The molecule has 4 aromatic heterocycles. The van der Waals surface area contributed by atoms with Crippen LogP contribution in [0.5, 0.6) is 11.8 Å². The normalized spacial score (nSPS) is 14.1. The number of rotatable bonds is 7. The number of benzene rings is 4. The van der Waals surface area contributed by atoms with Crippen molar-refractivity contribution in [3.05, 3.63) is 161 Å². The molecule has 0 fully saturated rings. The summed E-state index contributed by atoms with van der Waals surface area (Å²) >= 11 is 0. The van der Waals surface area contributed by atoms with Gasteiger partial charge in [0.15, 0.2) is 0 Å². The van der Waals surface area contributed by atoms with Gasteiger partial charge in [-0.25, -0.2) is 4.98 Å². The first-order valence-electron chi connectivity index (χ1n) is 19.4. The van der Waals surface area contributed by atoms with Crippen LogP contribution in [0.4, 0.5) is 0 Å². The molecule has 10 rings (SSSR count). The summed E-state index contributed by atoms with van der Waals surface area (Å²) in [7, 11) is 0. The summed E-state index contributed by atoms with van der Waals surface area (Å²) in [4.78, 5) is 15.0. The Bertz CT molecular complexity index is 2720. The third kappa shape index (κ3) is 6.46. The number of pyridine rings is 3. The second kappa shape index (κ2) is 14.3. The Morgan fingerprint density at radius 3 is 2.07 bits per heavy atom. The minimum Gasteiger partial charge on any atom is -0.458 e. The van der Waals surface area contributed by atoms with E-state index in [0.717, 1.165) is 70.1 Å². The van der Waals surface area contributed by atoms with Gasteiger partial charge >= 0.3 is 21.1 Å². The molecule has 4 aromatic carbocycles. The minimum atomic E-state index is 0. The van der Waals surface area contributed by atoms with Gasteiger partial charge in [0.05, 0.1) is 5.58 Å². The molecule has 1 spiro atoms. The Labute approximate surface area is 342 Å². The number of ether oxygens (including phenoxy) is 1. The van der Waals surface area contributed by atoms with E-state index in [2.05, 4.69) is 94.4 Å². The molecular formula is C50H41N3O2Pt. The number of aromatic nitrogens is 3. The summed E-state index contributed by atoms with van der Waals surface area (Å²) in [5, 5.41) is 2.07. The van der Waals surface area contributed by atoms with Crippen LogP contribution >= 0.6 is 0 Å². The molecule has 56 heavy (non-hydrogen) atoms. The van der Waals surface area contributed by atoms with Crippen LogP contribution < -0.4 is 4.74 Å². The van der Waals surface area contributed by atoms with E-state index in [1.165, 1.54) is 39.1 Å². The molecule has 0 radical (unpaired) electrons. The predicted octanol–water partition coefficient (Wildman–Crippen LogP) is 12.3. The van der Waals surface area contributed by atoms with E-state index in [1.54, 1.807) is 0 Å². The molecule has 0 amide bonds. The number of nitrogens with zero attached hydrogens (tertiary/aromatic N) is 3. The van der Waals surface area contributed by atoms with E-state index in [1.807, 2.05) is 60.7 Å². The first-order chi connectivity index (χ1) is 26.8. The minimum absolute atomic E-state index is 0. The van der Waals surface area contributed by atoms with Crippen LogP contribution in [-0.4, -0.2) is 15.0 Å². The zero-order valence-corrected chi connectivity index (χ0v) is 34.2. The van der Waals surface area contributed by atoms with Gasteiger partial charge in [-0.1, -0.05) is 106 Å². The topological polar surface area (TPSA) is 61.0 Å². The molecule has 0 N–H and O–H groups in total. The zero-order chi connectivity index (χ0) is 37.3. The van der Waals surface area contributed by atoms with Crippen molar-refractivity contribution in [2.75, 3.05) is 0 Å². The second-order valence-electron chi connectivity index (χ2n) is 16.1. The SMILES string of the molecule is CC(C)c1cccc(C(C)C)c1-c1cc(Oc2cccc(-c3[c-]cc4c(c3)oc3nc5c(cc34)CC3(Cc4ccccc4C3)C5)n2)nc(-c2[c-]cccc2)c1.[Pt+2]. The fourth-order valence-corrected chi connectivity index (χ4v) is 9.02. The zero-order valence-electron chi connectivity index (χ0n) is 31.9. The van der Waals surface area contributed by atoms with Gasteiger partial charge in [-0.3, -0.25) is 9.97 Å². The van der Waals surface area contributed by atoms with Crippen LogP contribution in [0.1, 0.15) is 73.0 Å². The number of hydrogen-bond donors (Lipinski definition) is 0. The first kappa shape index (κ1) is 36.3. The van der Waals surface area contributed by atoms with Crippen LogP contribution in [-0.2, 0) is 46.7 Å². The Hall–Kier alpha value is -5.38. The Morgan fingerprint density at radius 2 is 1.34 bits per heavy atom. The Balaban J connectivity index is 0.00000410. The molecule has 8 aromatic rings. The summed E-state index contributed by atoms with van der Waals surface area (Å²) in [5.41, 5.74) is 15.3. The summed E-state index contributed by atoms with van der Waals surface area (Å²) in [6.07, 6.45) is 4.28. The average molecular weight is 911 g/mol. The fourth-order valence-electron chi connectivity index (χ4n) is 9.02. The van der Waals surface area contributed by atoms with E-state index in [4.69, 9.17) is 24.1 Å². The van der Waals surface area contributed by atoms with Gasteiger partial charge < -0.3 is 9.15 Å². The largest absolute Gasteiger partial charge is 2.00 e. The van der Waals surface area contributed by atoms with Crippen LogP contribution in [0.3, 0.4) is 0 Å². The summed E-state index contributed by atoms with van der Waals surface area (Å²) in [6.45, 7) is 8.98. The molecule has 0 atom stereocenters. The Kier molecular flexibility index (Phi) is 9.25. The molecule has 6 heteroatoms. The molecule has 2 aliphatic rings. The van der Waals surface area contributed by atoms with Crippen molar-refractivity contribution >= 4 is 22.1 Å². The van der Waals surface area contributed by atoms with Gasteiger partial charge in [-0.15, -0.1) is 53.6 Å². The van der Waals surface area contributed by atoms with Crippen LogP contribution in [0.25, 0.3) is 55.7 Å². The quantitative estimate of drug-likeness (QED) is 0.149. The molecule has 2 aliphatic carbocycles. The number of furan rings is 1.